The minimum absolute atomic E-state index is 0.374. The molecule has 2 rings (SSSR count). The van der Waals surface area contributed by atoms with E-state index < -0.39 is 0 Å². The summed E-state index contributed by atoms with van der Waals surface area (Å²) in [4.78, 5) is 4.09. The predicted octanol–water partition coefficient (Wildman–Crippen LogP) is -1.02. The van der Waals surface area contributed by atoms with Crippen molar-refractivity contribution in [1.82, 2.24) is 15.1 Å². The van der Waals surface area contributed by atoms with Crippen LogP contribution >= 0.6 is 0 Å². The summed E-state index contributed by atoms with van der Waals surface area (Å²) in [6, 6.07) is 0. The summed E-state index contributed by atoms with van der Waals surface area (Å²) >= 11 is 0. The first-order chi connectivity index (χ1) is 9.24. The van der Waals surface area contributed by atoms with Crippen molar-refractivity contribution in [2.45, 2.75) is 0 Å². The highest BCUT2D eigenvalue weighted by molar-refractivity contribution is 5.95. The molecule has 0 aliphatic carbocycles. The SMILES string of the molecule is CN/C(=C(/N)C(=N)N1CCOCC1)N1CCOCC1. The monoisotopic (exact) mass is 269 g/mol. The molecule has 0 bridgehead atoms. The fourth-order valence-corrected chi connectivity index (χ4v) is 2.32. The highest BCUT2D eigenvalue weighted by atomic mass is 16.5. The van der Waals surface area contributed by atoms with Crippen LogP contribution in [-0.2, 0) is 9.47 Å². The minimum atomic E-state index is 0.374. The van der Waals surface area contributed by atoms with Crippen LogP contribution < -0.4 is 11.1 Å². The lowest BCUT2D eigenvalue weighted by Crippen LogP contribution is -2.46. The first-order valence-electron chi connectivity index (χ1n) is 6.66. The second kappa shape index (κ2) is 6.63. The number of nitrogens with one attached hydrogen (secondary N) is 2. The van der Waals surface area contributed by atoms with Crippen LogP contribution in [-0.4, -0.2) is 75.3 Å². The standard InChI is InChI=1S/C12H23N5O2/c1-15-12(17-4-8-19-9-5-17)10(13)11(14)16-2-6-18-7-3-16/h14-15H,2-9,13H2,1H3/b12-10-,14-11?. The molecule has 4 N–H and O–H groups in total. The maximum absolute atomic E-state index is 8.23. The Bertz CT molecular complexity index is 346. The highest BCUT2D eigenvalue weighted by Gasteiger charge is 2.21. The smallest absolute Gasteiger partial charge is 0.148 e. The van der Waals surface area contributed by atoms with Crippen molar-refractivity contribution in [1.29, 1.82) is 5.41 Å². The summed E-state index contributed by atoms with van der Waals surface area (Å²) < 4.78 is 10.6. The molecule has 0 amide bonds. The van der Waals surface area contributed by atoms with E-state index in [9.17, 15) is 0 Å². The highest BCUT2D eigenvalue weighted by Crippen LogP contribution is 2.10. The van der Waals surface area contributed by atoms with Gasteiger partial charge in [-0.25, -0.2) is 0 Å². The number of hydrogen-bond acceptors (Lipinski definition) is 6. The quantitative estimate of drug-likeness (QED) is 0.449. The van der Waals surface area contributed by atoms with Crippen LogP contribution in [0.4, 0.5) is 0 Å². The molecule has 0 spiro atoms. The molecule has 0 saturated carbocycles. The third-order valence-corrected chi connectivity index (χ3v) is 3.40. The van der Waals surface area contributed by atoms with Crippen molar-refractivity contribution in [3.63, 3.8) is 0 Å². The zero-order valence-corrected chi connectivity index (χ0v) is 11.4. The number of morpholine rings is 2. The van der Waals surface area contributed by atoms with Gasteiger partial charge in [0.15, 0.2) is 0 Å². The third-order valence-electron chi connectivity index (χ3n) is 3.40. The summed E-state index contributed by atoms with van der Waals surface area (Å²) in [5, 5.41) is 11.3. The van der Waals surface area contributed by atoms with Crippen LogP contribution in [0.2, 0.25) is 0 Å². The lowest BCUT2D eigenvalue weighted by atomic mass is 10.3. The van der Waals surface area contributed by atoms with E-state index in [4.69, 9.17) is 20.6 Å². The maximum Gasteiger partial charge on any atom is 0.148 e. The molecule has 108 valence electrons. The van der Waals surface area contributed by atoms with Crippen LogP contribution in [0.25, 0.3) is 0 Å². The van der Waals surface area contributed by atoms with E-state index in [0.717, 1.165) is 32.0 Å². The normalized spacial score (nSPS) is 21.9. The van der Waals surface area contributed by atoms with E-state index in [2.05, 4.69) is 10.2 Å². The van der Waals surface area contributed by atoms with Crippen molar-refractivity contribution >= 4 is 5.84 Å². The van der Waals surface area contributed by atoms with Crippen LogP contribution in [0, 0.1) is 5.41 Å². The molecule has 2 saturated heterocycles. The van der Waals surface area contributed by atoms with Gasteiger partial charge in [0.25, 0.3) is 0 Å². The average molecular weight is 269 g/mol. The number of nitrogens with two attached hydrogens (primary N) is 1. The average Bonchev–Trinajstić information content (AvgIpc) is 2.49. The van der Waals surface area contributed by atoms with Gasteiger partial charge in [0.1, 0.15) is 17.4 Å². The van der Waals surface area contributed by atoms with Crippen LogP contribution in [0.3, 0.4) is 0 Å². The van der Waals surface area contributed by atoms with E-state index in [1.54, 1.807) is 0 Å². The van der Waals surface area contributed by atoms with E-state index >= 15 is 0 Å². The van der Waals surface area contributed by atoms with E-state index in [-0.39, 0.29) is 0 Å². The molecule has 0 aromatic rings. The summed E-state index contributed by atoms with van der Waals surface area (Å²) in [5.74, 6) is 1.19. The molecule has 0 aromatic carbocycles. The summed E-state index contributed by atoms with van der Waals surface area (Å²) in [6.07, 6.45) is 0. The number of hydrogen-bond donors (Lipinski definition) is 3. The lowest BCUT2D eigenvalue weighted by Gasteiger charge is -2.34. The zero-order chi connectivity index (χ0) is 13.7. The molecule has 0 radical (unpaired) electrons. The summed E-state index contributed by atoms with van der Waals surface area (Å²) in [6.45, 7) is 5.75. The zero-order valence-electron chi connectivity index (χ0n) is 11.4. The first-order valence-corrected chi connectivity index (χ1v) is 6.66. The van der Waals surface area contributed by atoms with Crippen molar-refractivity contribution in [2.24, 2.45) is 5.73 Å². The third kappa shape index (κ3) is 3.30. The maximum atomic E-state index is 8.23. The van der Waals surface area contributed by atoms with Gasteiger partial charge in [0, 0.05) is 33.2 Å². The topological polar surface area (TPSA) is 86.8 Å². The van der Waals surface area contributed by atoms with Crippen molar-refractivity contribution < 1.29 is 9.47 Å². The largest absolute Gasteiger partial charge is 0.393 e. The van der Waals surface area contributed by atoms with Gasteiger partial charge < -0.3 is 30.3 Å². The fourth-order valence-electron chi connectivity index (χ4n) is 2.32. The molecule has 19 heavy (non-hydrogen) atoms. The molecule has 0 unspecified atom stereocenters. The Morgan fingerprint density at radius 2 is 1.47 bits per heavy atom. The van der Waals surface area contributed by atoms with Gasteiger partial charge in [-0.15, -0.1) is 0 Å². The second-order valence-corrected chi connectivity index (χ2v) is 4.56. The number of rotatable bonds is 3. The first kappa shape index (κ1) is 14.0. The van der Waals surface area contributed by atoms with Crippen molar-refractivity contribution in [3.05, 3.63) is 11.5 Å². The van der Waals surface area contributed by atoms with Gasteiger partial charge in [0.2, 0.25) is 0 Å². The van der Waals surface area contributed by atoms with Gasteiger partial charge in [-0.05, 0) is 0 Å². The van der Waals surface area contributed by atoms with Crippen LogP contribution in [0.1, 0.15) is 0 Å². The molecular weight excluding hydrogens is 246 g/mol. The lowest BCUT2D eigenvalue weighted by molar-refractivity contribution is 0.0501. The Hall–Kier alpha value is -1.47. The molecule has 0 atom stereocenters. The van der Waals surface area contributed by atoms with Gasteiger partial charge in [-0.1, -0.05) is 0 Å². The number of amidine groups is 1. The van der Waals surface area contributed by atoms with E-state index in [1.165, 1.54) is 0 Å². The van der Waals surface area contributed by atoms with Gasteiger partial charge in [-0.2, -0.15) is 0 Å². The molecule has 7 nitrogen and oxygen atoms in total. The minimum Gasteiger partial charge on any atom is -0.393 e. The van der Waals surface area contributed by atoms with E-state index in [1.807, 2.05) is 11.9 Å². The van der Waals surface area contributed by atoms with Gasteiger partial charge in [0.05, 0.1) is 26.4 Å². The molecule has 7 heteroatoms. The molecule has 2 heterocycles. The molecule has 2 aliphatic heterocycles. The summed E-state index contributed by atoms with van der Waals surface area (Å²) in [5.41, 5.74) is 6.65. The van der Waals surface area contributed by atoms with Crippen molar-refractivity contribution in [2.75, 3.05) is 59.7 Å². The Morgan fingerprint density at radius 3 is 1.95 bits per heavy atom. The van der Waals surface area contributed by atoms with Gasteiger partial charge in [-0.3, -0.25) is 5.41 Å². The predicted molar refractivity (Wildman–Crippen MR) is 72.8 cm³/mol. The van der Waals surface area contributed by atoms with Crippen molar-refractivity contribution in [3.8, 4) is 0 Å². The fraction of sp³-hybridized carbons (Fsp3) is 0.750. The van der Waals surface area contributed by atoms with E-state index in [0.29, 0.717) is 38.0 Å². The van der Waals surface area contributed by atoms with Crippen LogP contribution in [0.15, 0.2) is 11.5 Å². The number of ether oxygens (including phenoxy) is 2. The molecule has 0 aromatic heterocycles. The molecule has 2 aliphatic rings. The Morgan fingerprint density at radius 1 is 1.00 bits per heavy atom. The second-order valence-electron chi connectivity index (χ2n) is 4.56. The van der Waals surface area contributed by atoms with Gasteiger partial charge >= 0.3 is 0 Å². The van der Waals surface area contributed by atoms with Crippen LogP contribution in [0.5, 0.6) is 0 Å². The Kier molecular flexibility index (Phi) is 4.86. The molecular formula is C12H23N5O2. The molecule has 2 fully saturated rings. The Balaban J connectivity index is 2.09. The summed E-state index contributed by atoms with van der Waals surface area (Å²) in [7, 11) is 1.84. The Labute approximate surface area is 113 Å². The number of nitrogens with zero attached hydrogens (tertiary/aromatic N) is 2.